The number of nitrogens with zero attached hydrogens (tertiary/aromatic N) is 2. The fourth-order valence-corrected chi connectivity index (χ4v) is 3.66. The van der Waals surface area contributed by atoms with Gasteiger partial charge in [0, 0.05) is 25.2 Å². The molecule has 0 bridgehead atoms. The van der Waals surface area contributed by atoms with Gasteiger partial charge in [-0.3, -0.25) is 5.43 Å². The van der Waals surface area contributed by atoms with Crippen LogP contribution >= 0.6 is 0 Å². The van der Waals surface area contributed by atoms with Crippen LogP contribution in [-0.2, 0) is 10.0 Å². The summed E-state index contributed by atoms with van der Waals surface area (Å²) in [7, 11) is -0.449. The average molecular weight is 315 g/mol. The molecule has 1 aliphatic heterocycles. The van der Waals surface area contributed by atoms with E-state index in [0.29, 0.717) is 10.5 Å². The standard InChI is InChI=1S/C16H17N3O2S/c1-19(2)22(20,21)15-10-6-5-9-14(15)16-13-8-4-3-7-12(13)11-17-18-16/h3-11,16,18H,1-2H3. The first-order chi connectivity index (χ1) is 10.5. The topological polar surface area (TPSA) is 61.8 Å². The van der Waals surface area contributed by atoms with Crippen molar-refractivity contribution in [1.29, 1.82) is 0 Å². The Labute approximate surface area is 130 Å². The first-order valence-corrected chi connectivity index (χ1v) is 8.35. The molecule has 0 saturated carbocycles. The lowest BCUT2D eigenvalue weighted by Gasteiger charge is -2.25. The Morgan fingerprint density at radius 3 is 2.36 bits per heavy atom. The number of sulfonamides is 1. The predicted octanol–water partition coefficient (Wildman–Crippen LogP) is 1.96. The molecule has 1 atom stereocenters. The molecule has 2 aromatic carbocycles. The lowest BCUT2D eigenvalue weighted by molar-refractivity contribution is 0.516. The molecule has 1 unspecified atom stereocenters. The highest BCUT2D eigenvalue weighted by atomic mass is 32.2. The van der Waals surface area contributed by atoms with Crippen LogP contribution < -0.4 is 5.43 Å². The normalized spacial score (nSPS) is 17.1. The summed E-state index contributed by atoms with van der Waals surface area (Å²) < 4.78 is 26.4. The van der Waals surface area contributed by atoms with Gasteiger partial charge in [0.25, 0.3) is 0 Å². The highest BCUT2D eigenvalue weighted by molar-refractivity contribution is 7.89. The van der Waals surface area contributed by atoms with E-state index in [1.165, 1.54) is 18.4 Å². The maximum Gasteiger partial charge on any atom is 0.242 e. The lowest BCUT2D eigenvalue weighted by Crippen LogP contribution is -2.28. The minimum Gasteiger partial charge on any atom is -0.298 e. The molecule has 22 heavy (non-hydrogen) atoms. The molecular formula is C16H17N3O2S. The molecule has 0 radical (unpaired) electrons. The van der Waals surface area contributed by atoms with E-state index >= 15 is 0 Å². The van der Waals surface area contributed by atoms with Crippen molar-refractivity contribution in [2.24, 2.45) is 5.10 Å². The summed E-state index contributed by atoms with van der Waals surface area (Å²) in [4.78, 5) is 0.296. The van der Waals surface area contributed by atoms with E-state index in [2.05, 4.69) is 10.5 Å². The molecule has 3 rings (SSSR count). The van der Waals surface area contributed by atoms with Gasteiger partial charge >= 0.3 is 0 Å². The van der Waals surface area contributed by atoms with Crippen molar-refractivity contribution in [3.63, 3.8) is 0 Å². The third-order valence-corrected chi connectivity index (χ3v) is 5.59. The summed E-state index contributed by atoms with van der Waals surface area (Å²) in [6, 6.07) is 14.6. The molecule has 5 nitrogen and oxygen atoms in total. The SMILES string of the molecule is CN(C)S(=O)(=O)c1ccccc1C1NN=Cc2ccccc21. The van der Waals surface area contributed by atoms with Crippen molar-refractivity contribution in [3.05, 3.63) is 65.2 Å². The van der Waals surface area contributed by atoms with Gasteiger partial charge in [-0.1, -0.05) is 42.5 Å². The molecule has 0 aromatic heterocycles. The van der Waals surface area contributed by atoms with Gasteiger partial charge in [0.2, 0.25) is 10.0 Å². The zero-order valence-corrected chi connectivity index (χ0v) is 13.2. The fourth-order valence-electron chi connectivity index (χ4n) is 2.53. The largest absolute Gasteiger partial charge is 0.298 e. The highest BCUT2D eigenvalue weighted by Gasteiger charge is 2.27. The maximum atomic E-state index is 12.6. The zero-order valence-electron chi connectivity index (χ0n) is 12.4. The molecule has 0 saturated heterocycles. The van der Waals surface area contributed by atoms with Gasteiger partial charge in [0.05, 0.1) is 17.2 Å². The van der Waals surface area contributed by atoms with E-state index in [1.807, 2.05) is 36.4 Å². The second kappa shape index (κ2) is 5.55. The van der Waals surface area contributed by atoms with E-state index in [-0.39, 0.29) is 6.04 Å². The fraction of sp³-hybridized carbons (Fsp3) is 0.188. The molecular weight excluding hydrogens is 298 g/mol. The average Bonchev–Trinajstić information content (AvgIpc) is 2.54. The van der Waals surface area contributed by atoms with Crippen molar-refractivity contribution in [1.82, 2.24) is 9.73 Å². The second-order valence-corrected chi connectivity index (χ2v) is 7.39. The molecule has 2 aromatic rings. The molecule has 0 fully saturated rings. The van der Waals surface area contributed by atoms with Crippen LogP contribution in [0.4, 0.5) is 0 Å². The Morgan fingerprint density at radius 1 is 1.00 bits per heavy atom. The predicted molar refractivity (Wildman–Crippen MR) is 86.3 cm³/mol. The molecule has 1 aliphatic rings. The first kappa shape index (κ1) is 14.7. The summed E-state index contributed by atoms with van der Waals surface area (Å²) in [5.41, 5.74) is 5.73. The minimum atomic E-state index is -3.52. The second-order valence-electron chi connectivity index (χ2n) is 5.27. The van der Waals surface area contributed by atoms with E-state index < -0.39 is 10.0 Å². The van der Waals surface area contributed by atoms with Crippen molar-refractivity contribution in [2.75, 3.05) is 14.1 Å². The van der Waals surface area contributed by atoms with Gasteiger partial charge in [0.15, 0.2) is 0 Å². The van der Waals surface area contributed by atoms with Crippen molar-refractivity contribution < 1.29 is 8.42 Å². The number of hydrazone groups is 1. The Bertz CT molecular complexity index is 829. The molecule has 0 spiro atoms. The van der Waals surface area contributed by atoms with Crippen LogP contribution in [0.2, 0.25) is 0 Å². The number of nitrogens with one attached hydrogen (secondary N) is 1. The summed E-state index contributed by atoms with van der Waals surface area (Å²) in [6.45, 7) is 0. The van der Waals surface area contributed by atoms with Gasteiger partial charge in [-0.15, -0.1) is 0 Å². The summed E-state index contributed by atoms with van der Waals surface area (Å²) in [6.07, 6.45) is 1.74. The van der Waals surface area contributed by atoms with Crippen molar-refractivity contribution in [2.45, 2.75) is 10.9 Å². The summed E-state index contributed by atoms with van der Waals surface area (Å²) in [5, 5.41) is 4.16. The first-order valence-electron chi connectivity index (χ1n) is 6.91. The van der Waals surface area contributed by atoms with Crippen LogP contribution in [0.3, 0.4) is 0 Å². The molecule has 1 heterocycles. The molecule has 6 heteroatoms. The maximum absolute atomic E-state index is 12.6. The van der Waals surface area contributed by atoms with Crippen LogP contribution in [0.25, 0.3) is 0 Å². The van der Waals surface area contributed by atoms with E-state index in [9.17, 15) is 8.42 Å². The molecule has 0 aliphatic carbocycles. The summed E-state index contributed by atoms with van der Waals surface area (Å²) >= 11 is 0. The van der Waals surface area contributed by atoms with E-state index in [1.54, 1.807) is 18.3 Å². The minimum absolute atomic E-state index is 0.285. The van der Waals surface area contributed by atoms with E-state index in [4.69, 9.17) is 0 Å². The van der Waals surface area contributed by atoms with Crippen molar-refractivity contribution >= 4 is 16.2 Å². The monoisotopic (exact) mass is 315 g/mol. The third kappa shape index (κ3) is 2.40. The molecule has 0 amide bonds. The van der Waals surface area contributed by atoms with Crippen LogP contribution in [0, 0.1) is 0 Å². The quantitative estimate of drug-likeness (QED) is 0.942. The number of fused-ring (bicyclic) bond motifs is 1. The number of rotatable bonds is 3. The zero-order chi connectivity index (χ0) is 15.7. The Kier molecular flexibility index (Phi) is 3.72. The van der Waals surface area contributed by atoms with Crippen LogP contribution in [-0.4, -0.2) is 33.0 Å². The van der Waals surface area contributed by atoms with Crippen LogP contribution in [0.5, 0.6) is 0 Å². The number of hydrogen-bond acceptors (Lipinski definition) is 4. The van der Waals surface area contributed by atoms with Crippen molar-refractivity contribution in [3.8, 4) is 0 Å². The van der Waals surface area contributed by atoms with E-state index in [0.717, 1.165) is 11.1 Å². The number of benzene rings is 2. The van der Waals surface area contributed by atoms with Gasteiger partial charge in [-0.2, -0.15) is 5.10 Å². The Balaban J connectivity index is 2.17. The summed E-state index contributed by atoms with van der Waals surface area (Å²) in [5.74, 6) is 0. The van der Waals surface area contributed by atoms with Gasteiger partial charge in [-0.25, -0.2) is 12.7 Å². The van der Waals surface area contributed by atoms with Gasteiger partial charge in [-0.05, 0) is 11.6 Å². The van der Waals surface area contributed by atoms with Crippen LogP contribution in [0.1, 0.15) is 22.7 Å². The third-order valence-electron chi connectivity index (χ3n) is 3.70. The molecule has 1 N–H and O–H groups in total. The highest BCUT2D eigenvalue weighted by Crippen LogP contribution is 2.31. The molecule has 114 valence electrons. The van der Waals surface area contributed by atoms with Crippen LogP contribution in [0.15, 0.2) is 58.5 Å². The Hall–Kier alpha value is -2.18. The number of hydrogen-bond donors (Lipinski definition) is 1. The van der Waals surface area contributed by atoms with Gasteiger partial charge in [0.1, 0.15) is 0 Å². The Morgan fingerprint density at radius 2 is 1.64 bits per heavy atom. The van der Waals surface area contributed by atoms with Gasteiger partial charge < -0.3 is 0 Å². The smallest absolute Gasteiger partial charge is 0.242 e. The lowest BCUT2D eigenvalue weighted by atomic mass is 9.94.